The lowest BCUT2D eigenvalue weighted by Crippen LogP contribution is -2.23. The van der Waals surface area contributed by atoms with Crippen molar-refractivity contribution in [2.75, 3.05) is 6.61 Å². The Bertz CT molecular complexity index is 864. The predicted octanol–water partition coefficient (Wildman–Crippen LogP) is 3.29. The van der Waals surface area contributed by atoms with Crippen LogP contribution in [0.25, 0.3) is 11.0 Å². The van der Waals surface area contributed by atoms with E-state index in [4.69, 9.17) is 9.15 Å². The number of nitrogens with one attached hydrogen (secondary N) is 1. The number of fused-ring (bicyclic) bond motifs is 1. The number of benzene rings is 1. The minimum atomic E-state index is -0.169. The van der Waals surface area contributed by atoms with E-state index in [0.29, 0.717) is 30.0 Å². The Morgan fingerprint density at radius 3 is 2.92 bits per heavy atom. The highest BCUT2D eigenvalue weighted by molar-refractivity contribution is 5.99. The van der Waals surface area contributed by atoms with Crippen molar-refractivity contribution in [1.82, 2.24) is 15.1 Å². The number of aromatic nitrogens is 2. The number of ether oxygens (including phenoxy) is 1. The molecule has 0 bridgehead atoms. The van der Waals surface area contributed by atoms with E-state index in [-0.39, 0.29) is 5.91 Å². The summed E-state index contributed by atoms with van der Waals surface area (Å²) in [5, 5.41) is 8.09. The zero-order valence-electron chi connectivity index (χ0n) is 14.1. The fraction of sp³-hybridized carbons (Fsp3) is 0.333. The van der Waals surface area contributed by atoms with Crippen molar-refractivity contribution in [2.24, 2.45) is 0 Å². The molecule has 0 atom stereocenters. The summed E-state index contributed by atoms with van der Waals surface area (Å²) in [5.74, 6) is 0.488. The van der Waals surface area contributed by atoms with Crippen molar-refractivity contribution in [3.8, 4) is 5.75 Å². The highest BCUT2D eigenvalue weighted by atomic mass is 16.5. The molecule has 0 radical (unpaired) electrons. The molecule has 0 aliphatic heterocycles. The van der Waals surface area contributed by atoms with Gasteiger partial charge in [0.2, 0.25) is 0 Å². The predicted molar refractivity (Wildman–Crippen MR) is 91.2 cm³/mol. The Kier molecular flexibility index (Phi) is 4.55. The van der Waals surface area contributed by atoms with Crippen LogP contribution in [-0.4, -0.2) is 22.3 Å². The normalized spacial score (nSPS) is 11.0. The van der Waals surface area contributed by atoms with Crippen LogP contribution >= 0.6 is 0 Å². The number of aryl methyl sites for hydroxylation is 1. The third-order valence-corrected chi connectivity index (χ3v) is 4.04. The lowest BCUT2D eigenvalue weighted by Gasteiger charge is -2.09. The second-order valence-electron chi connectivity index (χ2n) is 5.49. The maximum absolute atomic E-state index is 12.5. The molecule has 0 spiro atoms. The first-order chi connectivity index (χ1) is 11.6. The van der Waals surface area contributed by atoms with E-state index in [1.807, 2.05) is 31.5 Å². The molecular weight excluding hydrogens is 306 g/mol. The van der Waals surface area contributed by atoms with Gasteiger partial charge in [-0.1, -0.05) is 0 Å². The van der Waals surface area contributed by atoms with Gasteiger partial charge in [0.15, 0.2) is 0 Å². The summed E-state index contributed by atoms with van der Waals surface area (Å²) in [4.78, 5) is 12.5. The molecule has 0 unspecified atom stereocenters. The molecule has 6 nitrogen and oxygen atoms in total. The number of hydrogen-bond donors (Lipinski definition) is 1. The molecule has 1 N–H and O–H groups in total. The van der Waals surface area contributed by atoms with Crippen LogP contribution in [0.1, 0.15) is 35.5 Å². The summed E-state index contributed by atoms with van der Waals surface area (Å²) >= 11 is 0. The Morgan fingerprint density at radius 2 is 2.21 bits per heavy atom. The van der Waals surface area contributed by atoms with Crippen molar-refractivity contribution in [3.63, 3.8) is 0 Å². The summed E-state index contributed by atoms with van der Waals surface area (Å²) in [6.45, 7) is 7.72. The van der Waals surface area contributed by atoms with Crippen molar-refractivity contribution < 1.29 is 13.9 Å². The summed E-state index contributed by atoms with van der Waals surface area (Å²) < 4.78 is 12.9. The second-order valence-corrected chi connectivity index (χ2v) is 5.49. The molecule has 2 aromatic heterocycles. The van der Waals surface area contributed by atoms with Gasteiger partial charge in [-0.3, -0.25) is 9.48 Å². The third kappa shape index (κ3) is 2.99. The smallest absolute Gasteiger partial charge is 0.251 e. The van der Waals surface area contributed by atoms with Gasteiger partial charge in [-0.2, -0.15) is 5.10 Å². The van der Waals surface area contributed by atoms with Crippen LogP contribution in [0.4, 0.5) is 0 Å². The maximum Gasteiger partial charge on any atom is 0.251 e. The van der Waals surface area contributed by atoms with E-state index in [2.05, 4.69) is 10.4 Å². The first-order valence-electron chi connectivity index (χ1n) is 8.07. The van der Waals surface area contributed by atoms with Gasteiger partial charge in [0.25, 0.3) is 5.91 Å². The van der Waals surface area contributed by atoms with E-state index in [1.54, 1.807) is 24.6 Å². The molecule has 0 aliphatic carbocycles. The molecule has 0 saturated heterocycles. The lowest BCUT2D eigenvalue weighted by molar-refractivity contribution is 0.0950. The molecule has 6 heteroatoms. The topological polar surface area (TPSA) is 69.3 Å². The van der Waals surface area contributed by atoms with Crippen LogP contribution in [0.3, 0.4) is 0 Å². The standard InChI is InChI=1S/C18H21N3O3/c1-4-21-12(3)14(11-20-21)10-19-18(22)13-8-16(23-5-2)15-6-7-24-17(15)9-13/h6-9,11H,4-5,10H2,1-3H3,(H,19,22). The quantitative estimate of drug-likeness (QED) is 0.754. The van der Waals surface area contributed by atoms with Crippen molar-refractivity contribution in [1.29, 1.82) is 0 Å². The average Bonchev–Trinajstić information content (AvgIpc) is 3.19. The van der Waals surface area contributed by atoms with Crippen LogP contribution in [0.2, 0.25) is 0 Å². The molecule has 1 aromatic carbocycles. The van der Waals surface area contributed by atoms with Gasteiger partial charge < -0.3 is 14.5 Å². The van der Waals surface area contributed by atoms with Gasteiger partial charge in [-0.05, 0) is 39.0 Å². The van der Waals surface area contributed by atoms with Gasteiger partial charge >= 0.3 is 0 Å². The first-order valence-corrected chi connectivity index (χ1v) is 8.07. The fourth-order valence-corrected chi connectivity index (χ4v) is 2.70. The summed E-state index contributed by atoms with van der Waals surface area (Å²) in [6.07, 6.45) is 3.39. The van der Waals surface area contributed by atoms with E-state index in [0.717, 1.165) is 23.2 Å². The Labute approximate surface area is 140 Å². The summed E-state index contributed by atoms with van der Waals surface area (Å²) in [7, 11) is 0. The highest BCUT2D eigenvalue weighted by Gasteiger charge is 2.14. The number of hydrogen-bond acceptors (Lipinski definition) is 4. The Balaban J connectivity index is 1.79. The Hall–Kier alpha value is -2.76. The molecule has 0 saturated carbocycles. The number of furan rings is 1. The van der Waals surface area contributed by atoms with E-state index < -0.39 is 0 Å². The summed E-state index contributed by atoms with van der Waals surface area (Å²) in [5.41, 5.74) is 3.23. The van der Waals surface area contributed by atoms with Gasteiger partial charge in [0.05, 0.1) is 24.5 Å². The Morgan fingerprint density at radius 1 is 1.38 bits per heavy atom. The van der Waals surface area contributed by atoms with Crippen LogP contribution < -0.4 is 10.1 Å². The van der Waals surface area contributed by atoms with Crippen molar-refractivity contribution in [3.05, 3.63) is 47.5 Å². The van der Waals surface area contributed by atoms with E-state index in [1.165, 1.54) is 0 Å². The van der Waals surface area contributed by atoms with E-state index in [9.17, 15) is 4.79 Å². The minimum Gasteiger partial charge on any atom is -0.493 e. The number of rotatable bonds is 6. The average molecular weight is 327 g/mol. The molecule has 0 fully saturated rings. The van der Waals surface area contributed by atoms with Gasteiger partial charge in [-0.15, -0.1) is 0 Å². The first kappa shape index (κ1) is 16.1. The minimum absolute atomic E-state index is 0.169. The number of amides is 1. The zero-order valence-corrected chi connectivity index (χ0v) is 14.1. The fourth-order valence-electron chi connectivity index (χ4n) is 2.70. The van der Waals surface area contributed by atoms with Gasteiger partial charge in [-0.25, -0.2) is 0 Å². The largest absolute Gasteiger partial charge is 0.493 e. The lowest BCUT2D eigenvalue weighted by atomic mass is 10.1. The molecule has 3 aromatic rings. The molecule has 2 heterocycles. The van der Waals surface area contributed by atoms with Crippen LogP contribution in [-0.2, 0) is 13.1 Å². The number of nitrogens with zero attached hydrogens (tertiary/aromatic N) is 2. The van der Waals surface area contributed by atoms with Gasteiger partial charge in [0, 0.05) is 29.9 Å². The van der Waals surface area contributed by atoms with E-state index >= 15 is 0 Å². The second kappa shape index (κ2) is 6.78. The molecular formula is C18H21N3O3. The number of carbonyl (C=O) groups is 1. The van der Waals surface area contributed by atoms with Crippen LogP contribution in [0.5, 0.6) is 5.75 Å². The number of carbonyl (C=O) groups excluding carboxylic acids is 1. The molecule has 3 rings (SSSR count). The van der Waals surface area contributed by atoms with Crippen molar-refractivity contribution >= 4 is 16.9 Å². The molecule has 0 aliphatic rings. The van der Waals surface area contributed by atoms with Crippen molar-refractivity contribution in [2.45, 2.75) is 33.9 Å². The van der Waals surface area contributed by atoms with Crippen LogP contribution in [0, 0.1) is 6.92 Å². The van der Waals surface area contributed by atoms with Crippen LogP contribution in [0.15, 0.2) is 35.1 Å². The molecule has 126 valence electrons. The maximum atomic E-state index is 12.5. The SMILES string of the molecule is CCOc1cc(C(=O)NCc2cnn(CC)c2C)cc2occc12. The molecule has 1 amide bonds. The van der Waals surface area contributed by atoms with Gasteiger partial charge in [0.1, 0.15) is 11.3 Å². The summed E-state index contributed by atoms with van der Waals surface area (Å²) in [6, 6.07) is 5.32. The third-order valence-electron chi connectivity index (χ3n) is 4.04. The highest BCUT2D eigenvalue weighted by Crippen LogP contribution is 2.28. The monoisotopic (exact) mass is 327 g/mol. The zero-order chi connectivity index (χ0) is 17.1. The molecule has 24 heavy (non-hydrogen) atoms.